The van der Waals surface area contributed by atoms with Crippen LogP contribution >= 0.6 is 11.6 Å². The van der Waals surface area contributed by atoms with Crippen LogP contribution in [0.25, 0.3) is 0 Å². The molecule has 1 fully saturated rings. The summed E-state index contributed by atoms with van der Waals surface area (Å²) in [5.74, 6) is 0.718. The normalized spacial score (nSPS) is 18.5. The quantitative estimate of drug-likeness (QED) is 0.849. The third-order valence-corrected chi connectivity index (χ3v) is 4.04. The molecule has 0 unspecified atom stereocenters. The second kappa shape index (κ2) is 6.06. The number of morpholine rings is 1. The van der Waals surface area contributed by atoms with Gasteiger partial charge >= 0.3 is 0 Å². The number of amides is 1. The van der Waals surface area contributed by atoms with Crippen LogP contribution in [0.1, 0.15) is 27.8 Å². The lowest BCUT2D eigenvalue weighted by molar-refractivity contribution is -0.0281. The number of hydrogen-bond acceptors (Lipinski definition) is 4. The van der Waals surface area contributed by atoms with Gasteiger partial charge in [0.05, 0.1) is 13.2 Å². The van der Waals surface area contributed by atoms with Crippen molar-refractivity contribution in [3.8, 4) is 0 Å². The highest BCUT2D eigenvalue weighted by Gasteiger charge is 2.29. The molecule has 1 aromatic carbocycles. The fourth-order valence-electron chi connectivity index (χ4n) is 2.61. The molecule has 0 radical (unpaired) electrons. The largest absolute Gasteiger partial charge is 0.366 e. The molecule has 1 saturated heterocycles. The third kappa shape index (κ3) is 2.84. The molecule has 0 aliphatic carbocycles. The Bertz CT molecular complexity index is 701. The second-order valence-electron chi connectivity index (χ2n) is 5.37. The van der Waals surface area contributed by atoms with Gasteiger partial charge in [-0.3, -0.25) is 4.79 Å². The molecule has 1 amide bonds. The molecule has 6 nitrogen and oxygen atoms in total. The molecule has 1 aliphatic heterocycles. The zero-order chi connectivity index (χ0) is 15.7. The number of ether oxygens (including phenoxy) is 1. The Morgan fingerprint density at radius 3 is 2.95 bits per heavy atom. The van der Waals surface area contributed by atoms with Crippen LogP contribution in [0.2, 0.25) is 5.02 Å². The topological polar surface area (TPSA) is 60.3 Å². The number of carbonyl (C=O) groups excluding carboxylic acids is 1. The van der Waals surface area contributed by atoms with E-state index in [1.54, 1.807) is 29.4 Å². The Kier molecular flexibility index (Phi) is 4.13. The van der Waals surface area contributed by atoms with Gasteiger partial charge in [0.25, 0.3) is 5.91 Å². The lowest BCUT2D eigenvalue weighted by Crippen LogP contribution is -2.43. The Balaban J connectivity index is 1.79. The molecule has 0 N–H and O–H groups in total. The van der Waals surface area contributed by atoms with Gasteiger partial charge in [-0.1, -0.05) is 11.6 Å². The van der Waals surface area contributed by atoms with Crippen LogP contribution in [0.3, 0.4) is 0 Å². The van der Waals surface area contributed by atoms with Crippen LogP contribution in [-0.4, -0.2) is 45.3 Å². The molecule has 0 saturated carbocycles. The summed E-state index contributed by atoms with van der Waals surface area (Å²) in [6.07, 6.45) is 1.38. The third-order valence-electron chi connectivity index (χ3n) is 3.81. The number of rotatable bonds is 2. The summed E-state index contributed by atoms with van der Waals surface area (Å²) >= 11 is 5.95. The fraction of sp³-hybridized carbons (Fsp3) is 0.400. The van der Waals surface area contributed by atoms with Crippen molar-refractivity contribution in [2.45, 2.75) is 13.0 Å². The van der Waals surface area contributed by atoms with E-state index in [1.165, 1.54) is 0 Å². The zero-order valence-corrected chi connectivity index (χ0v) is 13.2. The Morgan fingerprint density at radius 1 is 1.45 bits per heavy atom. The number of aromatic nitrogens is 3. The van der Waals surface area contributed by atoms with E-state index in [0.717, 1.165) is 11.4 Å². The van der Waals surface area contributed by atoms with Gasteiger partial charge in [-0.25, -0.2) is 0 Å². The summed E-state index contributed by atoms with van der Waals surface area (Å²) in [6, 6.07) is 5.31. The predicted octanol–water partition coefficient (Wildman–Crippen LogP) is 1.99. The minimum atomic E-state index is -0.252. The molecule has 3 rings (SSSR count). The van der Waals surface area contributed by atoms with Crippen molar-refractivity contribution in [1.82, 2.24) is 19.7 Å². The maximum Gasteiger partial charge on any atom is 0.254 e. The van der Waals surface area contributed by atoms with E-state index in [4.69, 9.17) is 16.3 Å². The summed E-state index contributed by atoms with van der Waals surface area (Å²) in [6.45, 7) is 3.40. The number of benzene rings is 1. The van der Waals surface area contributed by atoms with Gasteiger partial charge in [-0.2, -0.15) is 0 Å². The van der Waals surface area contributed by atoms with Crippen LogP contribution in [-0.2, 0) is 11.8 Å². The van der Waals surface area contributed by atoms with E-state index >= 15 is 0 Å². The average molecular weight is 321 g/mol. The fourth-order valence-corrected chi connectivity index (χ4v) is 2.84. The first-order chi connectivity index (χ1) is 10.6. The Morgan fingerprint density at radius 2 is 2.27 bits per heavy atom. The summed E-state index contributed by atoms with van der Waals surface area (Å²) in [5, 5.41) is 8.56. The van der Waals surface area contributed by atoms with E-state index in [0.29, 0.717) is 30.3 Å². The highest BCUT2D eigenvalue weighted by molar-refractivity contribution is 6.30. The average Bonchev–Trinajstić information content (AvgIpc) is 2.93. The Labute approximate surface area is 133 Å². The van der Waals surface area contributed by atoms with Crippen molar-refractivity contribution >= 4 is 17.5 Å². The number of carbonyl (C=O) groups is 1. The summed E-state index contributed by atoms with van der Waals surface area (Å²) in [7, 11) is 1.86. The van der Waals surface area contributed by atoms with Crippen molar-refractivity contribution in [3.63, 3.8) is 0 Å². The predicted molar refractivity (Wildman–Crippen MR) is 81.8 cm³/mol. The Hall–Kier alpha value is -1.92. The first-order valence-corrected chi connectivity index (χ1v) is 7.45. The zero-order valence-electron chi connectivity index (χ0n) is 12.5. The maximum atomic E-state index is 12.7. The van der Waals surface area contributed by atoms with Crippen LogP contribution in [0, 0.1) is 6.92 Å². The SMILES string of the molecule is Cc1cc(Cl)ccc1C(=O)N1CCO[C@@H](c2nncn2C)C1. The number of halogens is 1. The molecule has 2 aromatic rings. The summed E-state index contributed by atoms with van der Waals surface area (Å²) in [4.78, 5) is 14.5. The molecule has 22 heavy (non-hydrogen) atoms. The lowest BCUT2D eigenvalue weighted by Gasteiger charge is -2.32. The standard InChI is InChI=1S/C15H17ClN4O2/c1-10-7-11(16)3-4-12(10)15(21)20-5-6-22-13(8-20)14-18-17-9-19(14)2/h3-4,7,9,13H,5-6,8H2,1-2H3/t13-/m1/s1. The molecular weight excluding hydrogens is 304 g/mol. The minimum absolute atomic E-state index is 0.00960. The van der Waals surface area contributed by atoms with Gasteiger partial charge in [0.1, 0.15) is 12.4 Å². The highest BCUT2D eigenvalue weighted by atomic mass is 35.5. The van der Waals surface area contributed by atoms with Gasteiger partial charge < -0.3 is 14.2 Å². The first kappa shape index (κ1) is 15.0. The number of aryl methyl sites for hydroxylation is 2. The highest BCUT2D eigenvalue weighted by Crippen LogP contribution is 2.23. The van der Waals surface area contributed by atoms with Gasteiger partial charge in [-0.05, 0) is 30.7 Å². The van der Waals surface area contributed by atoms with Crippen LogP contribution < -0.4 is 0 Å². The molecular formula is C15H17ClN4O2. The van der Waals surface area contributed by atoms with E-state index in [1.807, 2.05) is 18.5 Å². The molecule has 1 atom stereocenters. The smallest absolute Gasteiger partial charge is 0.254 e. The van der Waals surface area contributed by atoms with Gasteiger partial charge in [0.2, 0.25) is 0 Å². The van der Waals surface area contributed by atoms with Crippen molar-refractivity contribution in [3.05, 3.63) is 46.5 Å². The first-order valence-electron chi connectivity index (χ1n) is 7.07. The van der Waals surface area contributed by atoms with E-state index < -0.39 is 0 Å². The minimum Gasteiger partial charge on any atom is -0.366 e. The van der Waals surface area contributed by atoms with Crippen molar-refractivity contribution < 1.29 is 9.53 Å². The van der Waals surface area contributed by atoms with Crippen molar-refractivity contribution in [2.24, 2.45) is 7.05 Å². The van der Waals surface area contributed by atoms with Gasteiger partial charge in [0, 0.05) is 24.2 Å². The maximum absolute atomic E-state index is 12.7. The van der Waals surface area contributed by atoms with Crippen LogP contribution in [0.5, 0.6) is 0 Å². The second-order valence-corrected chi connectivity index (χ2v) is 5.81. The lowest BCUT2D eigenvalue weighted by atomic mass is 10.1. The van der Waals surface area contributed by atoms with Crippen LogP contribution in [0.4, 0.5) is 0 Å². The number of nitrogens with zero attached hydrogens (tertiary/aromatic N) is 4. The molecule has 1 aromatic heterocycles. The molecule has 0 bridgehead atoms. The molecule has 0 spiro atoms. The van der Waals surface area contributed by atoms with E-state index in [2.05, 4.69) is 10.2 Å². The number of hydrogen-bond donors (Lipinski definition) is 0. The molecule has 1 aliphatic rings. The van der Waals surface area contributed by atoms with Crippen molar-refractivity contribution in [1.29, 1.82) is 0 Å². The van der Waals surface area contributed by atoms with E-state index in [9.17, 15) is 4.79 Å². The van der Waals surface area contributed by atoms with Crippen molar-refractivity contribution in [2.75, 3.05) is 19.7 Å². The van der Waals surface area contributed by atoms with Gasteiger partial charge in [-0.15, -0.1) is 10.2 Å². The van der Waals surface area contributed by atoms with Gasteiger partial charge in [0.15, 0.2) is 5.82 Å². The van der Waals surface area contributed by atoms with Crippen LogP contribution in [0.15, 0.2) is 24.5 Å². The molecule has 116 valence electrons. The molecule has 7 heteroatoms. The van der Waals surface area contributed by atoms with E-state index in [-0.39, 0.29) is 12.0 Å². The summed E-state index contributed by atoms with van der Waals surface area (Å²) < 4.78 is 7.54. The monoisotopic (exact) mass is 320 g/mol. The molecule has 2 heterocycles. The summed E-state index contributed by atoms with van der Waals surface area (Å²) in [5.41, 5.74) is 1.54.